The fourth-order valence-electron chi connectivity index (χ4n) is 0. The highest BCUT2D eigenvalue weighted by molar-refractivity contribution is 6.13. The van der Waals surface area contributed by atoms with Gasteiger partial charge in [-0.15, -0.1) is 0 Å². The van der Waals surface area contributed by atoms with Crippen LogP contribution in [0.4, 0.5) is 0 Å². The largest absolute Gasteiger partial charge is 0.271 e. The van der Waals surface area contributed by atoms with E-state index >= 15 is 0 Å². The van der Waals surface area contributed by atoms with E-state index in [9.17, 15) is 0 Å². The zero-order chi connectivity index (χ0) is 9.44. The maximum absolute atomic E-state index is 5.22. The highest BCUT2D eigenvalue weighted by Crippen LogP contribution is 1.90. The van der Waals surface area contributed by atoms with Crippen LogP contribution >= 0.6 is 11.8 Å². The molecule has 0 amide bonds. The monoisotopic (exact) mass is 182 g/mol. The van der Waals surface area contributed by atoms with Gasteiger partial charge in [-0.1, -0.05) is 0 Å². The predicted molar refractivity (Wildman–Crippen MR) is 49.5 cm³/mol. The quantitative estimate of drug-likeness (QED) is 0.332. The lowest BCUT2D eigenvalue weighted by Crippen LogP contribution is -2.29. The average Bonchev–Trinajstić information content (AvgIpc) is 1.89. The highest BCUT2D eigenvalue weighted by atomic mass is 35.5. The normalized spacial score (nSPS) is 10.4. The van der Waals surface area contributed by atoms with Crippen molar-refractivity contribution in [3.63, 3.8) is 0 Å². The minimum atomic E-state index is 0.228. The van der Waals surface area contributed by atoms with Crippen LogP contribution in [0.15, 0.2) is 0 Å². The first-order valence-corrected chi connectivity index (χ1v) is 3.91. The first-order chi connectivity index (χ1) is 4.91. The second kappa shape index (κ2) is 8.23. The first kappa shape index (κ1) is 13.7. The summed E-state index contributed by atoms with van der Waals surface area (Å²) >= 11 is 5.22. The van der Waals surface area contributed by atoms with Crippen LogP contribution in [0.2, 0.25) is 0 Å². The van der Waals surface area contributed by atoms with Crippen LogP contribution in [-0.4, -0.2) is 16.6 Å². The Kier molecular flexibility index (Phi) is 10.2. The molecule has 0 aromatic heterocycles. The Morgan fingerprint density at radius 3 is 1.45 bits per heavy atom. The molecule has 5 heteroatoms. The summed E-state index contributed by atoms with van der Waals surface area (Å²) in [7, 11) is 0. The van der Waals surface area contributed by atoms with E-state index in [1.54, 1.807) is 0 Å². The predicted octanol–water partition coefficient (Wildman–Crippen LogP) is 0.582. The van der Waals surface area contributed by atoms with Gasteiger partial charge in [0.1, 0.15) is 0 Å². The highest BCUT2D eigenvalue weighted by Gasteiger charge is 1.94. The molecule has 0 aliphatic carbocycles. The van der Waals surface area contributed by atoms with E-state index in [0.29, 0.717) is 6.04 Å². The lowest BCUT2D eigenvalue weighted by atomic mass is 10.4. The van der Waals surface area contributed by atoms with Gasteiger partial charge in [0, 0.05) is 12.1 Å². The van der Waals surface area contributed by atoms with E-state index in [1.807, 2.05) is 27.7 Å². The number of hydrogen-bond acceptors (Lipinski definition) is 4. The molecule has 11 heavy (non-hydrogen) atoms. The summed E-state index contributed by atoms with van der Waals surface area (Å²) in [5.74, 6) is 9.96. The van der Waals surface area contributed by atoms with Crippen molar-refractivity contribution < 1.29 is 0 Å². The van der Waals surface area contributed by atoms with Crippen LogP contribution in [0.5, 0.6) is 0 Å². The molecule has 0 radical (unpaired) electrons. The zero-order valence-corrected chi connectivity index (χ0v) is 8.39. The number of hydrogen-bond donors (Lipinski definition) is 3. The molecule has 0 spiro atoms. The molecule has 0 rings (SSSR count). The Labute approximate surface area is 73.9 Å². The molecule has 0 aromatic rings. The molecule has 0 atom stereocenters. The van der Waals surface area contributed by atoms with Gasteiger partial charge in [0.05, 0.1) is 0 Å². The third kappa shape index (κ3) is 17.8. The summed E-state index contributed by atoms with van der Waals surface area (Å²) in [6, 6.07) is 0.640. The van der Waals surface area contributed by atoms with Crippen LogP contribution in [0.3, 0.4) is 0 Å². The van der Waals surface area contributed by atoms with Gasteiger partial charge in [-0.3, -0.25) is 17.1 Å². The first-order valence-electron chi connectivity index (χ1n) is 3.57. The van der Waals surface area contributed by atoms with Gasteiger partial charge in [0.15, 0.2) is 0 Å². The maximum atomic E-state index is 5.22. The molecule has 0 heterocycles. The summed E-state index contributed by atoms with van der Waals surface area (Å²) in [5.41, 5.74) is 2.53. The van der Waals surface area contributed by atoms with Gasteiger partial charge >= 0.3 is 0 Å². The molecule has 0 aliphatic rings. The van der Waals surface area contributed by atoms with Crippen molar-refractivity contribution in [2.45, 2.75) is 39.8 Å². The van der Waals surface area contributed by atoms with E-state index in [2.05, 4.69) is 5.43 Å². The molecule has 70 valence electrons. The number of nitrogens with two attached hydrogens (primary N) is 2. The van der Waals surface area contributed by atoms with Crippen molar-refractivity contribution in [3.8, 4) is 0 Å². The lowest BCUT2D eigenvalue weighted by Gasteiger charge is -2.08. The molecular formula is C6H19ClN4. The lowest BCUT2D eigenvalue weighted by molar-refractivity contribution is 0.398. The molecule has 5 N–H and O–H groups in total. The number of nitrogens with zero attached hydrogens (tertiary/aromatic N) is 1. The topological polar surface area (TPSA) is 67.3 Å². The Hall–Kier alpha value is 0.130. The maximum Gasteiger partial charge on any atom is 0.0349 e. The SMILES string of the molecule is CC(C)N(N)Cl.CC(C)NN. The molecular weight excluding hydrogens is 164 g/mol. The van der Waals surface area contributed by atoms with E-state index in [4.69, 9.17) is 23.5 Å². The number of hydrazine groups is 2. The van der Waals surface area contributed by atoms with E-state index < -0.39 is 0 Å². The van der Waals surface area contributed by atoms with Gasteiger partial charge in [-0.2, -0.15) is 4.53 Å². The third-order valence-corrected chi connectivity index (χ3v) is 1.22. The van der Waals surface area contributed by atoms with Gasteiger partial charge in [-0.25, -0.2) is 0 Å². The van der Waals surface area contributed by atoms with E-state index in [1.165, 1.54) is 0 Å². The van der Waals surface area contributed by atoms with Crippen molar-refractivity contribution in [2.75, 3.05) is 0 Å². The summed E-state index contributed by atoms with van der Waals surface area (Å²) in [6.45, 7) is 7.79. The standard InChI is InChI=1S/C3H9ClN2.C3H10N2/c1-3(2)6(4)5;1-3(2)5-4/h3H,5H2,1-2H3;3,5H,4H2,1-2H3. The van der Waals surface area contributed by atoms with Gasteiger partial charge in [0.25, 0.3) is 0 Å². The minimum absolute atomic E-state index is 0.228. The Balaban J connectivity index is 0. The molecule has 0 saturated carbocycles. The second-order valence-electron chi connectivity index (χ2n) is 2.76. The number of halogens is 1. The second-order valence-corrected chi connectivity index (χ2v) is 3.15. The Morgan fingerprint density at radius 1 is 1.27 bits per heavy atom. The number of nitrogens with one attached hydrogen (secondary N) is 1. The van der Waals surface area contributed by atoms with Gasteiger partial charge in [-0.05, 0) is 39.5 Å². The van der Waals surface area contributed by atoms with Crippen molar-refractivity contribution in [3.05, 3.63) is 0 Å². The Bertz CT molecular complexity index is 69.0. The van der Waals surface area contributed by atoms with Crippen LogP contribution in [0, 0.1) is 0 Å². The van der Waals surface area contributed by atoms with Crippen molar-refractivity contribution in [1.29, 1.82) is 0 Å². The molecule has 4 nitrogen and oxygen atoms in total. The molecule has 0 saturated heterocycles. The fraction of sp³-hybridized carbons (Fsp3) is 1.00. The Morgan fingerprint density at radius 2 is 1.45 bits per heavy atom. The molecule has 0 aliphatic heterocycles. The van der Waals surface area contributed by atoms with Crippen molar-refractivity contribution in [2.24, 2.45) is 11.7 Å². The summed E-state index contributed by atoms with van der Waals surface area (Å²) in [5, 5.41) is 0. The summed E-state index contributed by atoms with van der Waals surface area (Å²) in [6.07, 6.45) is 0. The fourth-order valence-corrected chi connectivity index (χ4v) is 0. The van der Waals surface area contributed by atoms with Gasteiger partial charge in [0.2, 0.25) is 0 Å². The van der Waals surface area contributed by atoms with Crippen LogP contribution in [0.1, 0.15) is 27.7 Å². The summed E-state index contributed by atoms with van der Waals surface area (Å²) < 4.78 is 1.14. The van der Waals surface area contributed by atoms with Crippen LogP contribution in [0.25, 0.3) is 0 Å². The van der Waals surface area contributed by atoms with Gasteiger partial charge < -0.3 is 0 Å². The van der Waals surface area contributed by atoms with Crippen LogP contribution in [-0.2, 0) is 0 Å². The molecule has 0 unspecified atom stereocenters. The van der Waals surface area contributed by atoms with Crippen LogP contribution < -0.4 is 17.1 Å². The molecule has 0 aromatic carbocycles. The minimum Gasteiger partial charge on any atom is -0.271 e. The zero-order valence-electron chi connectivity index (χ0n) is 7.63. The third-order valence-electron chi connectivity index (χ3n) is 0.827. The average molecular weight is 183 g/mol. The smallest absolute Gasteiger partial charge is 0.0349 e. The van der Waals surface area contributed by atoms with E-state index in [-0.39, 0.29) is 6.04 Å². The summed E-state index contributed by atoms with van der Waals surface area (Å²) in [4.78, 5) is 0. The molecule has 0 bridgehead atoms. The van der Waals surface area contributed by atoms with E-state index in [0.717, 1.165) is 4.53 Å². The molecule has 0 fully saturated rings. The van der Waals surface area contributed by atoms with Crippen molar-refractivity contribution in [1.82, 2.24) is 9.95 Å². The van der Waals surface area contributed by atoms with Crippen molar-refractivity contribution >= 4 is 11.8 Å². The number of rotatable bonds is 2.